The van der Waals surface area contributed by atoms with E-state index in [9.17, 15) is 8.42 Å². The highest BCUT2D eigenvalue weighted by Gasteiger charge is 2.22. The molecule has 2 aromatic rings. The zero-order valence-corrected chi connectivity index (χ0v) is 16.0. The largest absolute Gasteiger partial charge is 0.495 e. The lowest BCUT2D eigenvalue weighted by Gasteiger charge is -2.16. The molecule has 0 spiro atoms. The summed E-state index contributed by atoms with van der Waals surface area (Å²) in [5.74, 6) is 0.334. The highest BCUT2D eigenvalue weighted by atomic mass is 32.2. The van der Waals surface area contributed by atoms with Crippen molar-refractivity contribution in [2.45, 2.75) is 31.3 Å². The van der Waals surface area contributed by atoms with Gasteiger partial charge in [0.1, 0.15) is 16.7 Å². The van der Waals surface area contributed by atoms with Crippen molar-refractivity contribution in [3.63, 3.8) is 0 Å². The van der Waals surface area contributed by atoms with Crippen LogP contribution in [0.4, 0.5) is 0 Å². The third-order valence-corrected chi connectivity index (χ3v) is 6.29. The van der Waals surface area contributed by atoms with Gasteiger partial charge in [-0.2, -0.15) is 0 Å². The van der Waals surface area contributed by atoms with Crippen LogP contribution >= 0.6 is 11.3 Å². The molecular formula is C17H23NO4S2. The first-order chi connectivity index (χ1) is 11.4. The second-order valence-corrected chi connectivity index (χ2v) is 8.42. The minimum absolute atomic E-state index is 0.154. The molecule has 0 fully saturated rings. The summed E-state index contributed by atoms with van der Waals surface area (Å²) >= 11 is 1.60. The van der Waals surface area contributed by atoms with Crippen LogP contribution in [0.3, 0.4) is 0 Å². The van der Waals surface area contributed by atoms with Crippen LogP contribution in [-0.4, -0.2) is 29.2 Å². The Hall–Kier alpha value is -1.41. The summed E-state index contributed by atoms with van der Waals surface area (Å²) in [4.78, 5) is 2.31. The van der Waals surface area contributed by atoms with E-state index in [4.69, 9.17) is 9.47 Å². The Morgan fingerprint density at radius 3 is 2.50 bits per heavy atom. The molecule has 24 heavy (non-hydrogen) atoms. The van der Waals surface area contributed by atoms with E-state index in [0.29, 0.717) is 5.75 Å². The quantitative estimate of drug-likeness (QED) is 0.775. The lowest BCUT2D eigenvalue weighted by atomic mass is 10.2. The Labute approximate surface area is 147 Å². The van der Waals surface area contributed by atoms with E-state index >= 15 is 0 Å². The molecular weight excluding hydrogens is 346 g/mol. The summed E-state index contributed by atoms with van der Waals surface area (Å²) in [5.41, 5.74) is 0.938. The maximum atomic E-state index is 12.7. The van der Waals surface area contributed by atoms with Gasteiger partial charge in [-0.25, -0.2) is 13.1 Å². The van der Waals surface area contributed by atoms with Gasteiger partial charge in [-0.05, 0) is 43.2 Å². The van der Waals surface area contributed by atoms with Gasteiger partial charge in [0.05, 0.1) is 7.11 Å². The van der Waals surface area contributed by atoms with Gasteiger partial charge in [-0.15, -0.1) is 11.3 Å². The summed E-state index contributed by atoms with van der Waals surface area (Å²) in [7, 11) is -0.652. The molecule has 0 aliphatic carbocycles. The standard InChI is InChI=1S/C17H23NO4S2/c1-5-13-7-8-14(21-3)17(10-13)24(19,20)18-11-15(22-4)16-9-6-12(2)23-16/h6-10,15,18H,5,11H2,1-4H3. The van der Waals surface area contributed by atoms with Crippen LogP contribution in [-0.2, 0) is 21.2 Å². The van der Waals surface area contributed by atoms with Crippen LogP contribution in [0.2, 0.25) is 0 Å². The third kappa shape index (κ3) is 4.36. The molecule has 0 radical (unpaired) electrons. The van der Waals surface area contributed by atoms with Gasteiger partial charge in [-0.1, -0.05) is 13.0 Å². The van der Waals surface area contributed by atoms with Crippen LogP contribution in [0.5, 0.6) is 5.75 Å². The Morgan fingerprint density at radius 2 is 1.96 bits per heavy atom. The van der Waals surface area contributed by atoms with Gasteiger partial charge in [0.25, 0.3) is 0 Å². The molecule has 1 heterocycles. The molecule has 0 saturated heterocycles. The number of nitrogens with one attached hydrogen (secondary N) is 1. The fourth-order valence-electron chi connectivity index (χ4n) is 2.34. The van der Waals surface area contributed by atoms with Gasteiger partial charge in [0.2, 0.25) is 10.0 Å². The second kappa shape index (κ2) is 8.11. The van der Waals surface area contributed by atoms with Crippen molar-refractivity contribution < 1.29 is 17.9 Å². The summed E-state index contributed by atoms with van der Waals surface area (Å²) in [6.45, 7) is 4.15. The van der Waals surface area contributed by atoms with Crippen molar-refractivity contribution in [3.8, 4) is 5.75 Å². The van der Waals surface area contributed by atoms with E-state index in [-0.39, 0.29) is 17.5 Å². The van der Waals surface area contributed by atoms with Crippen molar-refractivity contribution in [2.75, 3.05) is 20.8 Å². The summed E-state index contributed by atoms with van der Waals surface area (Å²) in [6.07, 6.45) is 0.431. The van der Waals surface area contributed by atoms with Crippen LogP contribution < -0.4 is 9.46 Å². The monoisotopic (exact) mass is 369 g/mol. The number of methoxy groups -OCH3 is 2. The Balaban J connectivity index is 2.21. The predicted molar refractivity (Wildman–Crippen MR) is 96.4 cm³/mol. The summed E-state index contributed by atoms with van der Waals surface area (Å²) in [6, 6.07) is 9.15. The molecule has 0 aliphatic heterocycles. The van der Waals surface area contributed by atoms with Crippen LogP contribution in [0, 0.1) is 6.92 Å². The number of ether oxygens (including phenoxy) is 2. The minimum Gasteiger partial charge on any atom is -0.495 e. The highest BCUT2D eigenvalue weighted by molar-refractivity contribution is 7.89. The maximum absolute atomic E-state index is 12.7. The molecule has 1 unspecified atom stereocenters. The molecule has 1 aromatic carbocycles. The average Bonchev–Trinajstić information content (AvgIpc) is 3.01. The van der Waals surface area contributed by atoms with E-state index < -0.39 is 10.0 Å². The summed E-state index contributed by atoms with van der Waals surface area (Å²) in [5, 5.41) is 0. The highest BCUT2D eigenvalue weighted by Crippen LogP contribution is 2.27. The van der Waals surface area contributed by atoms with Gasteiger partial charge in [-0.3, -0.25) is 0 Å². The Bertz CT molecular complexity index is 784. The molecule has 0 saturated carbocycles. The van der Waals surface area contributed by atoms with Crippen LogP contribution in [0.15, 0.2) is 35.2 Å². The van der Waals surface area contributed by atoms with Crippen molar-refractivity contribution in [1.29, 1.82) is 0 Å². The van der Waals surface area contributed by atoms with Gasteiger partial charge < -0.3 is 9.47 Å². The van der Waals surface area contributed by atoms with Gasteiger partial charge >= 0.3 is 0 Å². The number of hydrogen-bond acceptors (Lipinski definition) is 5. The van der Waals surface area contributed by atoms with E-state index in [1.165, 1.54) is 7.11 Å². The van der Waals surface area contributed by atoms with Crippen molar-refractivity contribution in [2.24, 2.45) is 0 Å². The number of benzene rings is 1. The van der Waals surface area contributed by atoms with Gasteiger partial charge in [0.15, 0.2) is 0 Å². The number of aryl methyl sites for hydroxylation is 2. The predicted octanol–water partition coefficient (Wildman–Crippen LogP) is 3.29. The fraction of sp³-hybridized carbons (Fsp3) is 0.412. The normalized spacial score (nSPS) is 13.0. The van der Waals surface area contributed by atoms with Crippen molar-refractivity contribution in [1.82, 2.24) is 4.72 Å². The molecule has 5 nitrogen and oxygen atoms in total. The topological polar surface area (TPSA) is 64.6 Å². The average molecular weight is 370 g/mol. The van der Waals surface area contributed by atoms with Crippen LogP contribution in [0.1, 0.15) is 28.3 Å². The fourth-order valence-corrected chi connectivity index (χ4v) is 4.54. The third-order valence-electron chi connectivity index (χ3n) is 3.75. The number of hydrogen-bond donors (Lipinski definition) is 1. The zero-order chi connectivity index (χ0) is 17.7. The molecule has 1 atom stereocenters. The molecule has 1 N–H and O–H groups in total. The second-order valence-electron chi connectivity index (χ2n) is 5.36. The Morgan fingerprint density at radius 1 is 1.21 bits per heavy atom. The number of rotatable bonds is 8. The molecule has 0 aliphatic rings. The zero-order valence-electron chi connectivity index (χ0n) is 14.3. The number of sulfonamides is 1. The smallest absolute Gasteiger partial charge is 0.244 e. The Kier molecular flexibility index (Phi) is 6.40. The molecule has 2 rings (SSSR count). The SMILES string of the molecule is CCc1ccc(OC)c(S(=O)(=O)NCC(OC)c2ccc(C)s2)c1. The first-order valence-corrected chi connectivity index (χ1v) is 9.97. The van der Waals surface area contributed by atoms with E-state index in [2.05, 4.69) is 4.72 Å². The van der Waals surface area contributed by atoms with Crippen LogP contribution in [0.25, 0.3) is 0 Å². The van der Waals surface area contributed by atoms with Crippen molar-refractivity contribution >= 4 is 21.4 Å². The van der Waals surface area contributed by atoms with Gasteiger partial charge in [0, 0.05) is 23.4 Å². The lowest BCUT2D eigenvalue weighted by Crippen LogP contribution is -2.29. The molecule has 0 bridgehead atoms. The van der Waals surface area contributed by atoms with E-state index in [1.54, 1.807) is 30.6 Å². The van der Waals surface area contributed by atoms with E-state index in [1.807, 2.05) is 32.0 Å². The maximum Gasteiger partial charge on any atom is 0.244 e. The molecule has 0 amide bonds. The van der Waals surface area contributed by atoms with Crippen molar-refractivity contribution in [3.05, 3.63) is 45.6 Å². The molecule has 1 aromatic heterocycles. The van der Waals surface area contributed by atoms with E-state index in [0.717, 1.165) is 21.7 Å². The first kappa shape index (κ1) is 18.9. The summed E-state index contributed by atoms with van der Waals surface area (Å²) < 4.78 is 38.7. The number of thiophene rings is 1. The molecule has 132 valence electrons. The molecule has 7 heteroatoms. The minimum atomic E-state index is -3.69. The first-order valence-electron chi connectivity index (χ1n) is 7.67. The lowest BCUT2D eigenvalue weighted by molar-refractivity contribution is 0.110.